The predicted molar refractivity (Wildman–Crippen MR) is 69.8 cm³/mol. The molecular weight excluding hydrogens is 548 g/mol. The predicted octanol–water partition coefficient (Wildman–Crippen LogP) is -0.194. The third-order valence-electron chi connectivity index (χ3n) is 2.63. The fourth-order valence-electron chi connectivity index (χ4n) is 1.45. The maximum Gasteiger partial charge on any atom is 0.353 e. The molecule has 2 amide bonds. The smallest absolute Gasteiger partial charge is 0.331 e. The zero-order valence-corrected chi connectivity index (χ0v) is 17.1. The molecule has 2 unspecified atom stereocenters. The summed E-state index contributed by atoms with van der Waals surface area (Å²) < 4.78 is 31.5. The van der Waals surface area contributed by atoms with Crippen LogP contribution in [0.25, 0.3) is 0 Å². The molecule has 0 spiro atoms. The van der Waals surface area contributed by atoms with Crippen molar-refractivity contribution in [3.05, 3.63) is 6.42 Å². The molecule has 1 aliphatic rings. The van der Waals surface area contributed by atoms with Gasteiger partial charge >= 0.3 is 5.97 Å². The van der Waals surface area contributed by atoms with E-state index in [4.69, 9.17) is 4.55 Å². The molecule has 0 radical (unpaired) electrons. The second-order valence-corrected chi connectivity index (χ2v) is 7.01. The molecule has 1 saturated heterocycles. The summed E-state index contributed by atoms with van der Waals surface area (Å²) >= 11 is 1.29. The Morgan fingerprint density at radius 3 is 2.48 bits per heavy atom. The van der Waals surface area contributed by atoms with Crippen molar-refractivity contribution in [3.63, 3.8) is 0 Å². The van der Waals surface area contributed by atoms with E-state index in [0.717, 1.165) is 6.42 Å². The maximum absolute atomic E-state index is 11.8. The first-order chi connectivity index (χ1) is 9.16. The topological polar surface area (TPSA) is 118 Å². The fraction of sp³-hybridized carbons (Fsp3) is 0.600. The number of hydrogen-bond donors (Lipinski definition) is 1. The average Bonchev–Trinajstić information content (AvgIpc) is 2.65. The first-order valence-electron chi connectivity index (χ1n) is 5.57. The standard InChI is InChI=1S/C10H14NO7S2.U/c1-6(19-2)5-7(20(15,16)17)10(14)18-11-8(12)3-4-9(11)13;/h3,6-7H,4-5H2,1-2H3,(H,15,16,17);/q-1;. The summed E-state index contributed by atoms with van der Waals surface area (Å²) in [6.45, 7) is 1.66. The number of hydrogen-bond acceptors (Lipinski definition) is 7. The van der Waals surface area contributed by atoms with Crippen molar-refractivity contribution < 1.29 is 63.3 Å². The molecule has 0 aromatic rings. The van der Waals surface area contributed by atoms with E-state index < -0.39 is 33.2 Å². The van der Waals surface area contributed by atoms with Gasteiger partial charge in [0, 0.05) is 36.4 Å². The molecule has 1 fully saturated rings. The van der Waals surface area contributed by atoms with Crippen LogP contribution in [-0.2, 0) is 29.3 Å². The molecule has 1 N–H and O–H groups in total. The van der Waals surface area contributed by atoms with Crippen LogP contribution in [0.15, 0.2) is 0 Å². The number of amides is 2. The molecule has 118 valence electrons. The van der Waals surface area contributed by atoms with Crippen LogP contribution in [0.1, 0.15) is 19.8 Å². The Labute approximate surface area is 150 Å². The molecule has 0 aliphatic carbocycles. The minimum atomic E-state index is -4.69. The average molecular weight is 562 g/mol. The van der Waals surface area contributed by atoms with Gasteiger partial charge in [-0.1, -0.05) is 13.3 Å². The van der Waals surface area contributed by atoms with E-state index in [-0.39, 0.29) is 54.3 Å². The van der Waals surface area contributed by atoms with Crippen LogP contribution in [0.4, 0.5) is 0 Å². The van der Waals surface area contributed by atoms with Gasteiger partial charge in [-0.15, -0.1) is 5.06 Å². The van der Waals surface area contributed by atoms with E-state index in [1.54, 1.807) is 13.2 Å². The molecule has 11 heteroatoms. The Morgan fingerprint density at radius 1 is 1.52 bits per heavy atom. The van der Waals surface area contributed by atoms with Crippen molar-refractivity contribution in [1.29, 1.82) is 0 Å². The van der Waals surface area contributed by atoms with Crippen LogP contribution >= 0.6 is 11.8 Å². The molecule has 0 saturated carbocycles. The molecule has 0 aromatic carbocycles. The van der Waals surface area contributed by atoms with E-state index in [9.17, 15) is 22.8 Å². The van der Waals surface area contributed by atoms with Crippen LogP contribution < -0.4 is 0 Å². The Bertz CT molecular complexity index is 505. The van der Waals surface area contributed by atoms with E-state index in [2.05, 4.69) is 4.84 Å². The zero-order valence-electron chi connectivity index (χ0n) is 11.3. The molecule has 1 heterocycles. The second kappa shape index (κ2) is 8.43. The Hall–Kier alpha value is -0.208. The van der Waals surface area contributed by atoms with Gasteiger partial charge < -0.3 is 9.63 Å². The van der Waals surface area contributed by atoms with Gasteiger partial charge in [0.15, 0.2) is 5.25 Å². The van der Waals surface area contributed by atoms with Gasteiger partial charge in [0.25, 0.3) is 10.1 Å². The molecule has 1 rings (SSSR count). The zero-order chi connectivity index (χ0) is 15.5. The molecule has 0 bridgehead atoms. The van der Waals surface area contributed by atoms with Gasteiger partial charge in [-0.05, 0) is 12.7 Å². The van der Waals surface area contributed by atoms with Crippen molar-refractivity contribution >= 4 is 39.7 Å². The number of carbonyl (C=O) groups is 3. The van der Waals surface area contributed by atoms with Crippen molar-refractivity contribution in [3.8, 4) is 0 Å². The number of hydroxylamine groups is 2. The van der Waals surface area contributed by atoms with E-state index in [1.165, 1.54) is 11.8 Å². The monoisotopic (exact) mass is 562 g/mol. The van der Waals surface area contributed by atoms with Crippen LogP contribution in [0.3, 0.4) is 0 Å². The van der Waals surface area contributed by atoms with Gasteiger partial charge in [0.2, 0.25) is 5.91 Å². The van der Waals surface area contributed by atoms with Crippen LogP contribution in [-0.4, -0.2) is 52.6 Å². The summed E-state index contributed by atoms with van der Waals surface area (Å²) in [5.74, 6) is -2.96. The van der Waals surface area contributed by atoms with Gasteiger partial charge in [0.1, 0.15) is 5.91 Å². The summed E-state index contributed by atoms with van der Waals surface area (Å²) in [7, 11) is -4.69. The van der Waals surface area contributed by atoms with Gasteiger partial charge in [-0.3, -0.25) is 15.8 Å². The third-order valence-corrected chi connectivity index (χ3v) is 4.73. The van der Waals surface area contributed by atoms with Crippen LogP contribution in [0, 0.1) is 37.5 Å². The summed E-state index contributed by atoms with van der Waals surface area (Å²) in [6.07, 6.45) is 2.30. The summed E-state index contributed by atoms with van der Waals surface area (Å²) in [4.78, 5) is 38.7. The molecule has 8 nitrogen and oxygen atoms in total. The minimum Gasteiger partial charge on any atom is -0.331 e. The Kier molecular flexibility index (Phi) is 8.35. The van der Waals surface area contributed by atoms with Crippen LogP contribution in [0.2, 0.25) is 0 Å². The van der Waals surface area contributed by atoms with Crippen molar-refractivity contribution in [2.45, 2.75) is 30.3 Å². The number of rotatable bonds is 6. The summed E-state index contributed by atoms with van der Waals surface area (Å²) in [6, 6.07) is 0. The van der Waals surface area contributed by atoms with Gasteiger partial charge in [-0.25, -0.2) is 4.79 Å². The second-order valence-electron chi connectivity index (χ2n) is 4.13. The number of nitrogens with zero attached hydrogens (tertiary/aromatic N) is 1. The van der Waals surface area contributed by atoms with Crippen molar-refractivity contribution in [2.75, 3.05) is 6.26 Å². The third kappa shape index (κ3) is 5.83. The van der Waals surface area contributed by atoms with Gasteiger partial charge in [0.05, 0.1) is 0 Å². The summed E-state index contributed by atoms with van der Waals surface area (Å²) in [5.41, 5.74) is 0. The molecule has 1 aliphatic heterocycles. The Balaban J connectivity index is 0.00000400. The SMILES string of the molecule is CSC(C)CC(C(=O)ON1C(=O)[CH-]CC1=O)S(=O)(=O)O.[U]. The van der Waals surface area contributed by atoms with Crippen molar-refractivity contribution in [2.24, 2.45) is 0 Å². The Morgan fingerprint density at radius 2 is 2.10 bits per heavy atom. The van der Waals surface area contributed by atoms with E-state index >= 15 is 0 Å². The first-order valence-corrected chi connectivity index (χ1v) is 8.37. The van der Waals surface area contributed by atoms with Gasteiger partial charge in [-0.2, -0.15) is 20.2 Å². The summed E-state index contributed by atoms with van der Waals surface area (Å²) in [5, 5.41) is -1.89. The molecular formula is C10H14NO7S2U-. The maximum atomic E-state index is 11.8. The van der Waals surface area contributed by atoms with Crippen molar-refractivity contribution in [1.82, 2.24) is 5.06 Å². The normalized spacial score (nSPS) is 17.8. The quantitative estimate of drug-likeness (QED) is 0.269. The van der Waals surface area contributed by atoms with Crippen LogP contribution in [0.5, 0.6) is 0 Å². The van der Waals surface area contributed by atoms with E-state index in [1.807, 2.05) is 0 Å². The largest absolute Gasteiger partial charge is 0.353 e. The minimum absolute atomic E-state index is 0. The fourth-order valence-corrected chi connectivity index (χ4v) is 2.77. The number of imide groups is 1. The molecule has 21 heavy (non-hydrogen) atoms. The number of thioether (sulfide) groups is 1. The van der Waals surface area contributed by atoms with E-state index in [0.29, 0.717) is 0 Å². The molecule has 0 aromatic heterocycles. The first kappa shape index (κ1) is 20.8. The molecule has 2 atom stereocenters. The number of carbonyl (C=O) groups excluding carboxylic acids is 3.